The molecule has 2 heteroatoms. The highest BCUT2D eigenvalue weighted by atomic mass is 16.5. The molecule has 0 bridgehead atoms. The van der Waals surface area contributed by atoms with Crippen molar-refractivity contribution in [2.75, 3.05) is 6.61 Å². The Balaban J connectivity index is 0. The van der Waals surface area contributed by atoms with E-state index in [0.29, 0.717) is 0 Å². The van der Waals surface area contributed by atoms with Gasteiger partial charge in [0, 0.05) is 6.08 Å². The van der Waals surface area contributed by atoms with E-state index in [0.717, 1.165) is 6.08 Å². The van der Waals surface area contributed by atoms with E-state index >= 15 is 0 Å². The predicted molar refractivity (Wildman–Crippen MR) is 35.7 cm³/mol. The molecule has 0 atom stereocenters. The van der Waals surface area contributed by atoms with Gasteiger partial charge >= 0.3 is 5.97 Å². The molecular formula is C7H9O2. The first-order valence-corrected chi connectivity index (χ1v) is 2.21. The van der Waals surface area contributed by atoms with Crippen molar-refractivity contribution < 1.29 is 9.53 Å². The minimum atomic E-state index is -0.412. The zero-order chi connectivity index (χ0) is 6.41. The second kappa shape index (κ2) is 6.95. The van der Waals surface area contributed by atoms with Crippen LogP contribution in [0.1, 0.15) is 0 Å². The molecule has 0 heterocycles. The molecule has 0 saturated carbocycles. The third-order valence-corrected chi connectivity index (χ3v) is 0.510. The molecular weight excluding hydrogens is 116 g/mol. The van der Waals surface area contributed by atoms with Crippen LogP contribution in [-0.4, -0.2) is 12.6 Å². The Hall–Kier alpha value is -1.05. The molecule has 0 spiro atoms. The van der Waals surface area contributed by atoms with Gasteiger partial charge in [0.15, 0.2) is 0 Å². The fraction of sp³-hybridized carbons (Fsp3) is 0.143. The monoisotopic (exact) mass is 125 g/mol. The third kappa shape index (κ3) is 6.95. The van der Waals surface area contributed by atoms with Crippen LogP contribution in [0.15, 0.2) is 25.3 Å². The van der Waals surface area contributed by atoms with Gasteiger partial charge < -0.3 is 4.74 Å². The number of hydrogen-bond donors (Lipinski definition) is 0. The Morgan fingerprint density at radius 1 is 1.56 bits per heavy atom. The number of ether oxygens (including phenoxy) is 1. The highest BCUT2D eigenvalue weighted by Crippen LogP contribution is 1.77. The standard InChI is InChI=1S/C6H8O2.CH/c1-3-5-8-6(7)4-2;/h3-4H,1-2,5H2;1H. The van der Waals surface area contributed by atoms with E-state index in [4.69, 9.17) is 0 Å². The van der Waals surface area contributed by atoms with E-state index in [1.807, 2.05) is 0 Å². The summed E-state index contributed by atoms with van der Waals surface area (Å²) < 4.78 is 4.47. The average molecular weight is 125 g/mol. The molecule has 0 amide bonds. The van der Waals surface area contributed by atoms with Crippen LogP contribution in [0.3, 0.4) is 0 Å². The summed E-state index contributed by atoms with van der Waals surface area (Å²) in [5.74, 6) is -0.412. The summed E-state index contributed by atoms with van der Waals surface area (Å²) in [6.07, 6.45) is 2.62. The summed E-state index contributed by atoms with van der Waals surface area (Å²) in [6.45, 7) is 6.81. The second-order valence-electron chi connectivity index (χ2n) is 1.12. The maximum Gasteiger partial charge on any atom is 0.330 e. The number of carbonyl (C=O) groups excluding carboxylic acids is 1. The van der Waals surface area contributed by atoms with Crippen LogP contribution in [0, 0.1) is 7.43 Å². The van der Waals surface area contributed by atoms with E-state index in [2.05, 4.69) is 17.9 Å². The Bertz CT molecular complexity index is 105. The highest BCUT2D eigenvalue weighted by molar-refractivity contribution is 5.81. The Kier molecular flexibility index (Phi) is 8.38. The van der Waals surface area contributed by atoms with Gasteiger partial charge in [0.25, 0.3) is 0 Å². The van der Waals surface area contributed by atoms with Crippen molar-refractivity contribution in [2.45, 2.75) is 0 Å². The lowest BCUT2D eigenvalue weighted by atomic mass is 10.6. The first-order valence-electron chi connectivity index (χ1n) is 2.21. The summed E-state index contributed by atoms with van der Waals surface area (Å²) in [6, 6.07) is 0. The Morgan fingerprint density at radius 3 is 2.44 bits per heavy atom. The molecule has 0 aromatic carbocycles. The minimum Gasteiger partial charge on any atom is -0.458 e. The summed E-state index contributed by atoms with van der Waals surface area (Å²) in [5.41, 5.74) is 0. The Morgan fingerprint density at radius 2 is 2.11 bits per heavy atom. The number of rotatable bonds is 3. The van der Waals surface area contributed by atoms with E-state index < -0.39 is 5.97 Å². The fourth-order valence-electron chi connectivity index (χ4n) is 0.200. The summed E-state index contributed by atoms with van der Waals surface area (Å²) in [5, 5.41) is 0. The van der Waals surface area contributed by atoms with Gasteiger partial charge in [-0.25, -0.2) is 4.79 Å². The third-order valence-electron chi connectivity index (χ3n) is 0.510. The molecule has 9 heavy (non-hydrogen) atoms. The van der Waals surface area contributed by atoms with Gasteiger partial charge in [-0.1, -0.05) is 19.2 Å². The molecule has 3 radical (unpaired) electrons. The van der Waals surface area contributed by atoms with Crippen molar-refractivity contribution in [3.8, 4) is 0 Å². The topological polar surface area (TPSA) is 26.3 Å². The number of hydrogen-bond acceptors (Lipinski definition) is 2. The number of carbonyl (C=O) groups is 1. The van der Waals surface area contributed by atoms with Gasteiger partial charge in [-0.2, -0.15) is 0 Å². The van der Waals surface area contributed by atoms with E-state index in [-0.39, 0.29) is 14.0 Å². The van der Waals surface area contributed by atoms with Crippen molar-refractivity contribution in [3.05, 3.63) is 32.7 Å². The van der Waals surface area contributed by atoms with Crippen molar-refractivity contribution in [3.63, 3.8) is 0 Å². The van der Waals surface area contributed by atoms with Crippen LogP contribution >= 0.6 is 0 Å². The average Bonchev–Trinajstić information content (AvgIpc) is 1.83. The van der Waals surface area contributed by atoms with Crippen molar-refractivity contribution in [2.24, 2.45) is 0 Å². The molecule has 0 aliphatic heterocycles. The molecule has 0 aromatic heterocycles. The van der Waals surface area contributed by atoms with E-state index in [1.165, 1.54) is 6.08 Å². The lowest BCUT2D eigenvalue weighted by Crippen LogP contribution is -1.98. The first-order chi connectivity index (χ1) is 3.81. The van der Waals surface area contributed by atoms with Crippen LogP contribution in [0.5, 0.6) is 0 Å². The van der Waals surface area contributed by atoms with Gasteiger partial charge in [0.1, 0.15) is 6.61 Å². The SMILES string of the molecule is C=CCOC(=O)C=C.[CH]. The van der Waals surface area contributed by atoms with Crippen LogP contribution < -0.4 is 0 Å². The Labute approximate surface area is 55.8 Å². The van der Waals surface area contributed by atoms with Crippen LogP contribution in [0.4, 0.5) is 0 Å². The molecule has 0 aliphatic carbocycles. The quantitative estimate of drug-likeness (QED) is 0.321. The van der Waals surface area contributed by atoms with E-state index in [1.54, 1.807) is 0 Å². The summed E-state index contributed by atoms with van der Waals surface area (Å²) in [4.78, 5) is 10.2. The summed E-state index contributed by atoms with van der Waals surface area (Å²) >= 11 is 0. The number of esters is 1. The normalized spacial score (nSPS) is 6.67. The lowest BCUT2D eigenvalue weighted by Gasteiger charge is -1.92. The van der Waals surface area contributed by atoms with Gasteiger partial charge in [0.2, 0.25) is 0 Å². The van der Waals surface area contributed by atoms with Crippen LogP contribution in [0.25, 0.3) is 0 Å². The smallest absolute Gasteiger partial charge is 0.330 e. The molecule has 0 rings (SSSR count). The zero-order valence-electron chi connectivity index (χ0n) is 5.17. The molecule has 0 aromatic rings. The second-order valence-corrected chi connectivity index (χ2v) is 1.12. The van der Waals surface area contributed by atoms with Gasteiger partial charge in [-0.05, 0) is 7.43 Å². The molecule has 49 valence electrons. The van der Waals surface area contributed by atoms with Crippen molar-refractivity contribution in [1.29, 1.82) is 0 Å². The fourth-order valence-corrected chi connectivity index (χ4v) is 0.200. The maximum atomic E-state index is 10.2. The zero-order valence-corrected chi connectivity index (χ0v) is 5.17. The van der Waals surface area contributed by atoms with Crippen molar-refractivity contribution >= 4 is 5.97 Å². The molecule has 0 aliphatic rings. The molecule has 0 saturated heterocycles. The molecule has 0 unspecified atom stereocenters. The molecule has 0 N–H and O–H groups in total. The minimum absolute atomic E-state index is 0. The van der Waals surface area contributed by atoms with Crippen molar-refractivity contribution in [1.82, 2.24) is 0 Å². The van der Waals surface area contributed by atoms with Gasteiger partial charge in [-0.3, -0.25) is 0 Å². The summed E-state index contributed by atoms with van der Waals surface area (Å²) in [7, 11) is 0. The largest absolute Gasteiger partial charge is 0.458 e. The highest BCUT2D eigenvalue weighted by Gasteiger charge is 1.87. The van der Waals surface area contributed by atoms with Gasteiger partial charge in [0.05, 0.1) is 0 Å². The lowest BCUT2D eigenvalue weighted by molar-refractivity contribution is -0.136. The van der Waals surface area contributed by atoms with Crippen LogP contribution in [-0.2, 0) is 9.53 Å². The van der Waals surface area contributed by atoms with E-state index in [9.17, 15) is 4.79 Å². The van der Waals surface area contributed by atoms with Crippen LogP contribution in [0.2, 0.25) is 0 Å². The predicted octanol–water partition coefficient (Wildman–Crippen LogP) is 1.11. The molecule has 0 fully saturated rings. The molecule has 2 nitrogen and oxygen atoms in total. The van der Waals surface area contributed by atoms with Gasteiger partial charge in [-0.15, -0.1) is 0 Å². The first kappa shape index (κ1) is 10.8. The maximum absolute atomic E-state index is 10.2.